The van der Waals surface area contributed by atoms with E-state index in [4.69, 9.17) is 4.74 Å². The first-order valence-corrected chi connectivity index (χ1v) is 11.7. The van der Waals surface area contributed by atoms with E-state index in [-0.39, 0.29) is 11.4 Å². The van der Waals surface area contributed by atoms with Crippen LogP contribution in [0, 0.1) is 0 Å². The number of carbonyl (C=O) groups is 1. The number of thiophene rings is 1. The van der Waals surface area contributed by atoms with Gasteiger partial charge in [-0.2, -0.15) is 0 Å². The summed E-state index contributed by atoms with van der Waals surface area (Å²) < 4.78 is 5.49. The molecule has 6 nitrogen and oxygen atoms in total. The largest absolute Gasteiger partial charge is 0.378 e. The number of rotatable bonds is 5. The molecule has 154 valence electrons. The third kappa shape index (κ3) is 4.22. The van der Waals surface area contributed by atoms with Crippen LogP contribution in [0.4, 0.5) is 5.69 Å². The fourth-order valence-corrected chi connectivity index (χ4v) is 5.28. The first kappa shape index (κ1) is 19.6. The smallest absolute Gasteiger partial charge is 0.259 e. The molecule has 1 aromatic carbocycles. The van der Waals surface area contributed by atoms with Crippen molar-refractivity contribution in [2.45, 2.75) is 12.0 Å². The van der Waals surface area contributed by atoms with E-state index in [0.29, 0.717) is 0 Å². The minimum Gasteiger partial charge on any atom is -0.378 e. The molecular formula is C22H22N4O2S2. The lowest BCUT2D eigenvalue weighted by molar-refractivity contribution is -0.116. The molecule has 2 fully saturated rings. The van der Waals surface area contributed by atoms with Crippen LogP contribution < -0.4 is 15.5 Å². The standard InChI is InChI=1S/C22H22N4O2S2/c27-21-20(30-22(25-21)24-14-16-2-1-11-29-16)13-15-3-4-18-17(12-15)19(5-6-23-18)26-7-9-28-10-8-26/h1-6,11-13,22,24H,7-10,14H2,(H,25,27)/b20-13-. The van der Waals surface area contributed by atoms with Gasteiger partial charge in [0.2, 0.25) is 0 Å². The number of carbonyl (C=O) groups excluding carboxylic acids is 1. The number of nitrogens with zero attached hydrogens (tertiary/aromatic N) is 2. The van der Waals surface area contributed by atoms with Crippen LogP contribution in [0.3, 0.4) is 0 Å². The van der Waals surface area contributed by atoms with Gasteiger partial charge < -0.3 is 15.0 Å². The summed E-state index contributed by atoms with van der Waals surface area (Å²) in [5.41, 5.74) is 3.01. The van der Waals surface area contributed by atoms with Crippen molar-refractivity contribution in [3.05, 3.63) is 63.3 Å². The highest BCUT2D eigenvalue weighted by Gasteiger charge is 2.26. The van der Waals surface area contributed by atoms with Crippen LogP contribution in [0.5, 0.6) is 0 Å². The van der Waals surface area contributed by atoms with Gasteiger partial charge in [0.05, 0.1) is 23.6 Å². The number of thioether (sulfide) groups is 1. The van der Waals surface area contributed by atoms with Crippen LogP contribution >= 0.6 is 23.1 Å². The summed E-state index contributed by atoms with van der Waals surface area (Å²) >= 11 is 3.23. The molecule has 8 heteroatoms. The number of ether oxygens (including phenoxy) is 1. The zero-order valence-electron chi connectivity index (χ0n) is 16.3. The maximum atomic E-state index is 12.5. The molecule has 2 aliphatic heterocycles. The van der Waals surface area contributed by atoms with Gasteiger partial charge in [-0.3, -0.25) is 15.1 Å². The summed E-state index contributed by atoms with van der Waals surface area (Å²) in [5.74, 6) is -0.0386. The fraction of sp³-hybridized carbons (Fsp3) is 0.273. The number of fused-ring (bicyclic) bond motifs is 1. The second kappa shape index (κ2) is 8.77. The molecule has 2 saturated heterocycles. The molecule has 2 N–H and O–H groups in total. The van der Waals surface area contributed by atoms with E-state index in [2.05, 4.69) is 44.1 Å². The van der Waals surface area contributed by atoms with E-state index in [1.807, 2.05) is 30.5 Å². The highest BCUT2D eigenvalue weighted by molar-refractivity contribution is 8.05. The van der Waals surface area contributed by atoms with E-state index in [0.717, 1.165) is 54.2 Å². The normalized spacial score (nSPS) is 20.8. The third-order valence-corrected chi connectivity index (χ3v) is 7.12. The Hall–Kier alpha value is -2.39. The van der Waals surface area contributed by atoms with Crippen LogP contribution in [0.1, 0.15) is 10.4 Å². The first-order chi connectivity index (χ1) is 14.8. The molecule has 0 aliphatic carbocycles. The van der Waals surface area contributed by atoms with E-state index >= 15 is 0 Å². The number of aromatic nitrogens is 1. The van der Waals surface area contributed by atoms with Gasteiger partial charge in [-0.1, -0.05) is 23.9 Å². The van der Waals surface area contributed by atoms with Crippen molar-refractivity contribution >= 4 is 51.7 Å². The van der Waals surface area contributed by atoms with E-state index in [1.54, 1.807) is 11.3 Å². The Morgan fingerprint density at radius 3 is 3.00 bits per heavy atom. The lowest BCUT2D eigenvalue weighted by Gasteiger charge is -2.29. The van der Waals surface area contributed by atoms with Crippen LogP contribution in [0.25, 0.3) is 17.0 Å². The number of amides is 1. The predicted molar refractivity (Wildman–Crippen MR) is 123 cm³/mol. The second-order valence-corrected chi connectivity index (χ2v) is 9.33. The first-order valence-electron chi connectivity index (χ1n) is 9.93. The Balaban J connectivity index is 1.36. The number of morpholine rings is 1. The van der Waals surface area contributed by atoms with Gasteiger partial charge in [-0.05, 0) is 41.3 Å². The molecule has 3 aromatic rings. The molecule has 30 heavy (non-hydrogen) atoms. The van der Waals surface area contributed by atoms with Gasteiger partial charge in [0.25, 0.3) is 5.91 Å². The van der Waals surface area contributed by atoms with Crippen molar-refractivity contribution in [2.24, 2.45) is 0 Å². The van der Waals surface area contributed by atoms with Gasteiger partial charge in [-0.25, -0.2) is 0 Å². The van der Waals surface area contributed by atoms with Crippen molar-refractivity contribution in [3.8, 4) is 0 Å². The van der Waals surface area contributed by atoms with Gasteiger partial charge in [0.1, 0.15) is 5.50 Å². The van der Waals surface area contributed by atoms with E-state index < -0.39 is 0 Å². The van der Waals surface area contributed by atoms with Crippen molar-refractivity contribution in [2.75, 3.05) is 31.2 Å². The Kier molecular flexibility index (Phi) is 5.72. The number of pyridine rings is 1. The zero-order chi connectivity index (χ0) is 20.3. The zero-order valence-corrected chi connectivity index (χ0v) is 18.0. The Morgan fingerprint density at radius 1 is 1.27 bits per heavy atom. The Morgan fingerprint density at radius 2 is 2.17 bits per heavy atom. The van der Waals surface area contributed by atoms with Gasteiger partial charge in [0, 0.05) is 41.8 Å². The minimum atomic E-state index is -0.114. The van der Waals surface area contributed by atoms with Crippen molar-refractivity contribution in [1.82, 2.24) is 15.6 Å². The molecule has 0 bridgehead atoms. The Labute approximate surface area is 183 Å². The van der Waals surface area contributed by atoms with Gasteiger partial charge in [0.15, 0.2) is 0 Å². The lowest BCUT2D eigenvalue weighted by Crippen LogP contribution is -2.36. The molecule has 0 saturated carbocycles. The van der Waals surface area contributed by atoms with Crippen LogP contribution in [-0.2, 0) is 16.1 Å². The highest BCUT2D eigenvalue weighted by atomic mass is 32.2. The van der Waals surface area contributed by atoms with Crippen molar-refractivity contribution in [3.63, 3.8) is 0 Å². The molecule has 0 spiro atoms. The molecule has 5 rings (SSSR count). The molecule has 0 radical (unpaired) electrons. The third-order valence-electron chi connectivity index (χ3n) is 5.16. The SMILES string of the molecule is O=C1NC(NCc2cccs2)S/C1=C\c1ccc2nccc(N3CCOCC3)c2c1. The molecule has 2 aliphatic rings. The van der Waals surface area contributed by atoms with E-state index in [9.17, 15) is 4.79 Å². The van der Waals surface area contributed by atoms with Crippen molar-refractivity contribution < 1.29 is 9.53 Å². The van der Waals surface area contributed by atoms with Crippen LogP contribution in [-0.4, -0.2) is 42.7 Å². The summed E-state index contributed by atoms with van der Waals surface area (Å²) in [6.07, 6.45) is 3.82. The van der Waals surface area contributed by atoms with Gasteiger partial charge in [-0.15, -0.1) is 11.3 Å². The molecule has 1 amide bonds. The number of hydrogen-bond donors (Lipinski definition) is 2. The maximum absolute atomic E-state index is 12.5. The number of hydrogen-bond acceptors (Lipinski definition) is 7. The summed E-state index contributed by atoms with van der Waals surface area (Å²) in [6, 6.07) is 12.4. The molecular weight excluding hydrogens is 416 g/mol. The maximum Gasteiger partial charge on any atom is 0.259 e. The Bertz CT molecular complexity index is 1080. The van der Waals surface area contributed by atoms with Crippen LogP contribution in [0.15, 0.2) is 52.9 Å². The minimum absolute atomic E-state index is 0.0386. The topological polar surface area (TPSA) is 66.5 Å². The molecule has 4 heterocycles. The summed E-state index contributed by atoms with van der Waals surface area (Å²) in [4.78, 5) is 21.3. The average Bonchev–Trinajstić information content (AvgIpc) is 3.42. The lowest BCUT2D eigenvalue weighted by atomic mass is 10.1. The average molecular weight is 439 g/mol. The van der Waals surface area contributed by atoms with Crippen LogP contribution in [0.2, 0.25) is 0 Å². The summed E-state index contributed by atoms with van der Waals surface area (Å²) in [6.45, 7) is 3.97. The fourth-order valence-electron chi connectivity index (χ4n) is 3.67. The van der Waals surface area contributed by atoms with E-state index in [1.165, 1.54) is 22.3 Å². The summed E-state index contributed by atoms with van der Waals surface area (Å²) in [7, 11) is 0. The second-order valence-electron chi connectivity index (χ2n) is 7.15. The van der Waals surface area contributed by atoms with Crippen molar-refractivity contribution in [1.29, 1.82) is 0 Å². The highest BCUT2D eigenvalue weighted by Crippen LogP contribution is 2.31. The summed E-state index contributed by atoms with van der Waals surface area (Å²) in [5, 5.41) is 9.55. The predicted octanol–water partition coefficient (Wildman–Crippen LogP) is 3.41. The molecule has 1 unspecified atom stereocenters. The molecule has 1 atom stereocenters. The monoisotopic (exact) mass is 438 g/mol. The molecule has 2 aromatic heterocycles. The number of benzene rings is 1. The van der Waals surface area contributed by atoms with Gasteiger partial charge >= 0.3 is 0 Å². The number of anilines is 1. The quantitative estimate of drug-likeness (QED) is 0.595. The number of nitrogens with one attached hydrogen (secondary N) is 2.